The number of hydrogen-bond acceptors (Lipinski definition) is 5. The summed E-state index contributed by atoms with van der Waals surface area (Å²) in [6, 6.07) is 11.8. The standard InChI is InChI=1S/C20H24N4O2/c1-14-9-15(2)22-20(21-14)24-11-17(13-25)18(12-24)19(26)23(3)10-16-7-5-4-6-8-16/h4-9,13,17-18H,10-12H2,1-3H3. The number of amides is 1. The van der Waals surface area contributed by atoms with Crippen molar-refractivity contribution in [1.82, 2.24) is 14.9 Å². The summed E-state index contributed by atoms with van der Waals surface area (Å²) in [6.07, 6.45) is 0.890. The molecule has 2 atom stereocenters. The van der Waals surface area contributed by atoms with Gasteiger partial charge in [0.2, 0.25) is 11.9 Å². The molecular formula is C20H24N4O2. The SMILES string of the molecule is Cc1cc(C)nc(N2CC(C=O)C(C(=O)N(C)Cc3ccccc3)C2)n1. The zero-order chi connectivity index (χ0) is 18.7. The normalized spacial score (nSPS) is 19.4. The molecule has 6 nitrogen and oxygen atoms in total. The minimum Gasteiger partial charge on any atom is -0.341 e. The van der Waals surface area contributed by atoms with E-state index in [-0.39, 0.29) is 17.7 Å². The molecule has 0 aliphatic carbocycles. The van der Waals surface area contributed by atoms with Gasteiger partial charge in [-0.15, -0.1) is 0 Å². The highest BCUT2D eigenvalue weighted by Gasteiger charge is 2.39. The maximum atomic E-state index is 12.9. The van der Waals surface area contributed by atoms with Crippen molar-refractivity contribution in [2.24, 2.45) is 11.8 Å². The Labute approximate surface area is 153 Å². The summed E-state index contributed by atoms with van der Waals surface area (Å²) >= 11 is 0. The molecule has 1 amide bonds. The lowest BCUT2D eigenvalue weighted by atomic mass is 9.96. The van der Waals surface area contributed by atoms with Crippen LogP contribution in [0.4, 0.5) is 5.95 Å². The van der Waals surface area contributed by atoms with Crippen LogP contribution < -0.4 is 4.90 Å². The van der Waals surface area contributed by atoms with E-state index < -0.39 is 0 Å². The van der Waals surface area contributed by atoms with Gasteiger partial charge in [-0.05, 0) is 25.5 Å². The highest BCUT2D eigenvalue weighted by Crippen LogP contribution is 2.27. The summed E-state index contributed by atoms with van der Waals surface area (Å²) in [4.78, 5) is 37.1. The number of anilines is 1. The van der Waals surface area contributed by atoms with Crippen molar-refractivity contribution in [3.8, 4) is 0 Å². The molecule has 0 radical (unpaired) electrons. The number of aryl methyl sites for hydroxylation is 2. The van der Waals surface area contributed by atoms with Crippen LogP contribution in [-0.2, 0) is 16.1 Å². The summed E-state index contributed by atoms with van der Waals surface area (Å²) in [5, 5.41) is 0. The summed E-state index contributed by atoms with van der Waals surface area (Å²) < 4.78 is 0. The van der Waals surface area contributed by atoms with Crippen molar-refractivity contribution in [2.75, 3.05) is 25.0 Å². The highest BCUT2D eigenvalue weighted by molar-refractivity contribution is 5.83. The predicted molar refractivity (Wildman–Crippen MR) is 99.7 cm³/mol. The fraction of sp³-hybridized carbons (Fsp3) is 0.400. The van der Waals surface area contributed by atoms with Gasteiger partial charge in [0.15, 0.2) is 0 Å². The van der Waals surface area contributed by atoms with Crippen molar-refractivity contribution in [2.45, 2.75) is 20.4 Å². The van der Waals surface area contributed by atoms with Gasteiger partial charge >= 0.3 is 0 Å². The molecular weight excluding hydrogens is 328 g/mol. The van der Waals surface area contributed by atoms with Crippen molar-refractivity contribution < 1.29 is 9.59 Å². The van der Waals surface area contributed by atoms with Gasteiger partial charge in [0.05, 0.1) is 5.92 Å². The molecule has 1 aromatic carbocycles. The molecule has 26 heavy (non-hydrogen) atoms. The van der Waals surface area contributed by atoms with Crippen LogP contribution in [-0.4, -0.2) is 47.2 Å². The van der Waals surface area contributed by atoms with Crippen LogP contribution in [0.1, 0.15) is 17.0 Å². The third-order valence-electron chi connectivity index (χ3n) is 4.75. The molecule has 0 spiro atoms. The third kappa shape index (κ3) is 3.90. The van der Waals surface area contributed by atoms with Gasteiger partial charge in [0, 0.05) is 44.0 Å². The average molecular weight is 352 g/mol. The Kier molecular flexibility index (Phi) is 5.30. The van der Waals surface area contributed by atoms with Crippen LogP contribution in [0.3, 0.4) is 0 Å². The topological polar surface area (TPSA) is 66.4 Å². The number of aldehydes is 1. The van der Waals surface area contributed by atoms with Gasteiger partial charge in [0.1, 0.15) is 6.29 Å². The lowest BCUT2D eigenvalue weighted by Gasteiger charge is -2.23. The zero-order valence-electron chi connectivity index (χ0n) is 15.4. The fourth-order valence-electron chi connectivity index (χ4n) is 3.46. The van der Waals surface area contributed by atoms with Crippen LogP contribution in [0, 0.1) is 25.7 Å². The molecule has 6 heteroatoms. The van der Waals surface area contributed by atoms with E-state index in [4.69, 9.17) is 0 Å². The van der Waals surface area contributed by atoms with E-state index in [1.807, 2.05) is 55.1 Å². The predicted octanol–water partition coefficient (Wildman–Crippen LogP) is 2.00. The number of hydrogen-bond donors (Lipinski definition) is 0. The molecule has 1 saturated heterocycles. The van der Waals surface area contributed by atoms with Gasteiger partial charge < -0.3 is 14.6 Å². The van der Waals surface area contributed by atoms with E-state index in [1.54, 1.807) is 11.9 Å². The summed E-state index contributed by atoms with van der Waals surface area (Å²) in [5.74, 6) is -0.135. The number of aromatic nitrogens is 2. The largest absolute Gasteiger partial charge is 0.341 e. The van der Waals surface area contributed by atoms with E-state index in [0.29, 0.717) is 25.6 Å². The Morgan fingerprint density at radius 1 is 1.19 bits per heavy atom. The van der Waals surface area contributed by atoms with Crippen LogP contribution >= 0.6 is 0 Å². The summed E-state index contributed by atoms with van der Waals surface area (Å²) in [7, 11) is 1.78. The Morgan fingerprint density at radius 3 is 2.46 bits per heavy atom. The van der Waals surface area contributed by atoms with Gasteiger partial charge in [0.25, 0.3) is 0 Å². The smallest absolute Gasteiger partial charge is 0.228 e. The minimum absolute atomic E-state index is 0.0159. The van der Waals surface area contributed by atoms with Crippen molar-refractivity contribution in [3.63, 3.8) is 0 Å². The number of carbonyl (C=O) groups excluding carboxylic acids is 2. The van der Waals surface area contributed by atoms with Gasteiger partial charge in [-0.3, -0.25) is 4.79 Å². The molecule has 1 aliphatic heterocycles. The van der Waals surface area contributed by atoms with E-state index >= 15 is 0 Å². The quantitative estimate of drug-likeness (QED) is 0.770. The molecule has 0 bridgehead atoms. The first-order valence-corrected chi connectivity index (χ1v) is 8.79. The van der Waals surface area contributed by atoms with Gasteiger partial charge in [-0.25, -0.2) is 9.97 Å². The van der Waals surface area contributed by atoms with E-state index in [2.05, 4.69) is 9.97 Å². The van der Waals surface area contributed by atoms with Crippen LogP contribution in [0.25, 0.3) is 0 Å². The Hall–Kier alpha value is -2.76. The highest BCUT2D eigenvalue weighted by atomic mass is 16.2. The average Bonchev–Trinajstić information content (AvgIpc) is 3.05. The molecule has 2 heterocycles. The summed E-state index contributed by atoms with van der Waals surface area (Å²) in [5.41, 5.74) is 2.83. The summed E-state index contributed by atoms with van der Waals surface area (Å²) in [6.45, 7) is 5.30. The molecule has 1 fully saturated rings. The van der Waals surface area contributed by atoms with Crippen LogP contribution in [0.2, 0.25) is 0 Å². The van der Waals surface area contributed by atoms with Gasteiger partial charge in [-0.1, -0.05) is 30.3 Å². The molecule has 1 aromatic heterocycles. The molecule has 3 rings (SSSR count). The first-order chi connectivity index (χ1) is 12.5. The maximum Gasteiger partial charge on any atom is 0.228 e. The second kappa shape index (κ2) is 7.64. The minimum atomic E-state index is -0.370. The second-order valence-corrected chi connectivity index (χ2v) is 6.94. The van der Waals surface area contributed by atoms with E-state index in [1.165, 1.54) is 0 Å². The van der Waals surface area contributed by atoms with Crippen molar-refractivity contribution in [1.29, 1.82) is 0 Å². The second-order valence-electron chi connectivity index (χ2n) is 6.94. The monoisotopic (exact) mass is 352 g/mol. The maximum absolute atomic E-state index is 12.9. The number of benzene rings is 1. The number of rotatable bonds is 5. The number of nitrogens with zero attached hydrogens (tertiary/aromatic N) is 4. The number of carbonyl (C=O) groups is 2. The molecule has 2 aromatic rings. The molecule has 2 unspecified atom stereocenters. The molecule has 136 valence electrons. The van der Waals surface area contributed by atoms with Gasteiger partial charge in [-0.2, -0.15) is 0 Å². The lowest BCUT2D eigenvalue weighted by molar-refractivity contribution is -0.136. The third-order valence-corrected chi connectivity index (χ3v) is 4.75. The van der Waals surface area contributed by atoms with Crippen molar-refractivity contribution >= 4 is 18.1 Å². The Bertz CT molecular complexity index is 773. The van der Waals surface area contributed by atoms with Crippen molar-refractivity contribution in [3.05, 3.63) is 53.3 Å². The first-order valence-electron chi connectivity index (χ1n) is 8.79. The molecule has 0 N–H and O–H groups in total. The van der Waals surface area contributed by atoms with E-state index in [9.17, 15) is 9.59 Å². The van der Waals surface area contributed by atoms with Crippen LogP contribution in [0.5, 0.6) is 0 Å². The molecule has 0 saturated carbocycles. The Balaban J connectivity index is 1.74. The Morgan fingerprint density at radius 2 is 1.85 bits per heavy atom. The zero-order valence-corrected chi connectivity index (χ0v) is 15.4. The van der Waals surface area contributed by atoms with Crippen LogP contribution in [0.15, 0.2) is 36.4 Å². The first kappa shape index (κ1) is 18.0. The van der Waals surface area contributed by atoms with E-state index in [0.717, 1.165) is 23.2 Å². The fourth-order valence-corrected chi connectivity index (χ4v) is 3.46. The molecule has 1 aliphatic rings. The lowest BCUT2D eigenvalue weighted by Crippen LogP contribution is -2.37.